The van der Waals surface area contributed by atoms with Crippen molar-refractivity contribution in [3.05, 3.63) is 65.9 Å². The van der Waals surface area contributed by atoms with Crippen LogP contribution in [0.15, 0.2) is 54.7 Å². The number of hydrogen-bond acceptors (Lipinski definition) is 3. The second-order valence-corrected chi connectivity index (χ2v) is 6.20. The van der Waals surface area contributed by atoms with E-state index in [0.29, 0.717) is 18.7 Å². The molecule has 4 rings (SSSR count). The fourth-order valence-corrected chi connectivity index (χ4v) is 3.29. The molecule has 0 spiro atoms. The molecule has 1 aliphatic heterocycles. The summed E-state index contributed by atoms with van der Waals surface area (Å²) in [5, 5.41) is 7.93. The number of ether oxygens (including phenoxy) is 1. The summed E-state index contributed by atoms with van der Waals surface area (Å²) >= 11 is 0. The summed E-state index contributed by atoms with van der Waals surface area (Å²) in [5.41, 5.74) is 2.55. The van der Waals surface area contributed by atoms with Gasteiger partial charge in [0, 0.05) is 11.9 Å². The third kappa shape index (κ3) is 2.67. The second kappa shape index (κ2) is 6.09. The van der Waals surface area contributed by atoms with Gasteiger partial charge < -0.3 is 9.64 Å². The highest BCUT2D eigenvalue weighted by Gasteiger charge is 2.30. The molecule has 24 heavy (non-hydrogen) atoms. The maximum absolute atomic E-state index is 13.1. The van der Waals surface area contributed by atoms with Crippen molar-refractivity contribution in [1.29, 1.82) is 0 Å². The Morgan fingerprint density at radius 2 is 2.00 bits per heavy atom. The smallest absolute Gasteiger partial charge is 0.256 e. The molecule has 1 aliphatic rings. The van der Waals surface area contributed by atoms with E-state index >= 15 is 0 Å². The summed E-state index contributed by atoms with van der Waals surface area (Å²) in [4.78, 5) is 14.9. The van der Waals surface area contributed by atoms with Crippen molar-refractivity contribution in [2.24, 2.45) is 0 Å². The number of H-pyrrole nitrogens is 1. The van der Waals surface area contributed by atoms with Crippen molar-refractivity contribution in [3.8, 4) is 0 Å². The van der Waals surface area contributed by atoms with E-state index in [1.54, 1.807) is 6.20 Å². The Balaban J connectivity index is 1.63. The molecular weight excluding hydrogens is 302 g/mol. The molecule has 122 valence electrons. The molecule has 5 heteroatoms. The van der Waals surface area contributed by atoms with Crippen LogP contribution in [-0.4, -0.2) is 40.2 Å². The number of nitrogens with zero attached hydrogens (tertiary/aromatic N) is 2. The molecule has 1 saturated heterocycles. The molecule has 3 aromatic rings. The molecule has 0 saturated carbocycles. The van der Waals surface area contributed by atoms with Crippen LogP contribution in [0.2, 0.25) is 0 Å². The minimum Gasteiger partial charge on any atom is -0.367 e. The first kappa shape index (κ1) is 14.9. The van der Waals surface area contributed by atoms with E-state index in [2.05, 4.69) is 10.2 Å². The molecule has 2 aromatic carbocycles. The lowest BCUT2D eigenvalue weighted by Crippen LogP contribution is -2.46. The monoisotopic (exact) mass is 321 g/mol. The molecule has 1 N–H and O–H groups in total. The van der Waals surface area contributed by atoms with Crippen molar-refractivity contribution in [2.45, 2.75) is 19.1 Å². The van der Waals surface area contributed by atoms with Crippen LogP contribution in [0.25, 0.3) is 10.9 Å². The summed E-state index contributed by atoms with van der Waals surface area (Å²) in [6.07, 6.45) is 1.63. The number of morpholine rings is 1. The Hall–Kier alpha value is -2.66. The zero-order valence-electron chi connectivity index (χ0n) is 13.5. The van der Waals surface area contributed by atoms with E-state index in [1.807, 2.05) is 60.4 Å². The molecule has 1 aromatic heterocycles. The van der Waals surface area contributed by atoms with Gasteiger partial charge in [0.25, 0.3) is 5.91 Å². The van der Waals surface area contributed by atoms with Crippen LogP contribution in [0.3, 0.4) is 0 Å². The van der Waals surface area contributed by atoms with Crippen molar-refractivity contribution in [3.63, 3.8) is 0 Å². The number of fused-ring (bicyclic) bond motifs is 1. The number of hydrogen-bond donors (Lipinski definition) is 1. The van der Waals surface area contributed by atoms with E-state index in [9.17, 15) is 4.79 Å². The minimum absolute atomic E-state index is 0.00567. The SMILES string of the molecule is CC1CN(C(=O)c2cccc3cn[nH]c23)CC(c2ccccc2)O1. The summed E-state index contributed by atoms with van der Waals surface area (Å²) in [6, 6.07) is 15.7. The van der Waals surface area contributed by atoms with E-state index in [0.717, 1.165) is 16.5 Å². The summed E-state index contributed by atoms with van der Waals surface area (Å²) in [6.45, 7) is 3.15. The molecular formula is C19H19N3O2. The molecule has 1 fully saturated rings. The van der Waals surface area contributed by atoms with Crippen LogP contribution in [-0.2, 0) is 4.74 Å². The van der Waals surface area contributed by atoms with Crippen LogP contribution in [0.5, 0.6) is 0 Å². The van der Waals surface area contributed by atoms with E-state index in [-0.39, 0.29) is 18.1 Å². The van der Waals surface area contributed by atoms with Gasteiger partial charge in [-0.1, -0.05) is 42.5 Å². The molecule has 1 amide bonds. The number of carbonyl (C=O) groups is 1. The lowest BCUT2D eigenvalue weighted by molar-refractivity contribution is -0.0691. The van der Waals surface area contributed by atoms with Crippen molar-refractivity contribution >= 4 is 16.8 Å². The number of para-hydroxylation sites is 1. The number of carbonyl (C=O) groups excluding carboxylic acids is 1. The van der Waals surface area contributed by atoms with Gasteiger partial charge >= 0.3 is 0 Å². The normalized spacial score (nSPS) is 21.1. The topological polar surface area (TPSA) is 58.2 Å². The van der Waals surface area contributed by atoms with Gasteiger partial charge in [-0.3, -0.25) is 9.89 Å². The van der Waals surface area contributed by atoms with Crippen molar-refractivity contribution in [2.75, 3.05) is 13.1 Å². The van der Waals surface area contributed by atoms with Gasteiger partial charge in [-0.25, -0.2) is 0 Å². The Morgan fingerprint density at radius 3 is 2.83 bits per heavy atom. The predicted octanol–water partition coefficient (Wildman–Crippen LogP) is 3.17. The Kier molecular flexibility index (Phi) is 3.78. The van der Waals surface area contributed by atoms with Gasteiger partial charge in [0.1, 0.15) is 6.10 Å². The first-order chi connectivity index (χ1) is 11.7. The molecule has 5 nitrogen and oxygen atoms in total. The number of benzene rings is 2. The third-order valence-corrected chi connectivity index (χ3v) is 4.43. The first-order valence-electron chi connectivity index (χ1n) is 8.14. The third-order valence-electron chi connectivity index (χ3n) is 4.43. The van der Waals surface area contributed by atoms with Gasteiger partial charge in [-0.2, -0.15) is 5.10 Å². The second-order valence-electron chi connectivity index (χ2n) is 6.20. The Bertz CT molecular complexity index is 859. The highest BCUT2D eigenvalue weighted by atomic mass is 16.5. The van der Waals surface area contributed by atoms with Crippen molar-refractivity contribution < 1.29 is 9.53 Å². The van der Waals surface area contributed by atoms with Crippen LogP contribution >= 0.6 is 0 Å². The number of amides is 1. The van der Waals surface area contributed by atoms with Crippen LogP contribution in [0, 0.1) is 0 Å². The van der Waals surface area contributed by atoms with E-state index < -0.39 is 0 Å². The standard InChI is InChI=1S/C19H19N3O2/c1-13-11-22(12-17(24-13)14-6-3-2-4-7-14)19(23)16-9-5-8-15-10-20-21-18(15)16/h2-10,13,17H,11-12H2,1H3,(H,20,21). The average molecular weight is 321 g/mol. The van der Waals surface area contributed by atoms with Gasteiger partial charge in [-0.05, 0) is 18.6 Å². The fourth-order valence-electron chi connectivity index (χ4n) is 3.29. The highest BCUT2D eigenvalue weighted by Crippen LogP contribution is 2.27. The number of aromatic nitrogens is 2. The van der Waals surface area contributed by atoms with Gasteiger partial charge in [0.15, 0.2) is 0 Å². The fraction of sp³-hybridized carbons (Fsp3) is 0.263. The average Bonchev–Trinajstić information content (AvgIpc) is 3.10. The highest BCUT2D eigenvalue weighted by molar-refractivity contribution is 6.05. The molecule has 0 bridgehead atoms. The lowest BCUT2D eigenvalue weighted by atomic mass is 10.0. The predicted molar refractivity (Wildman–Crippen MR) is 91.7 cm³/mol. The van der Waals surface area contributed by atoms with Gasteiger partial charge in [0.2, 0.25) is 0 Å². The number of rotatable bonds is 2. The van der Waals surface area contributed by atoms with Gasteiger partial charge in [0.05, 0.1) is 29.9 Å². The summed E-state index contributed by atoms with van der Waals surface area (Å²) in [5.74, 6) is 0.0148. The largest absolute Gasteiger partial charge is 0.367 e. The Labute approximate surface area is 140 Å². The van der Waals surface area contributed by atoms with E-state index in [1.165, 1.54) is 0 Å². The first-order valence-corrected chi connectivity index (χ1v) is 8.14. The lowest BCUT2D eigenvalue weighted by Gasteiger charge is -2.37. The van der Waals surface area contributed by atoms with E-state index in [4.69, 9.17) is 4.74 Å². The maximum atomic E-state index is 13.1. The number of nitrogens with one attached hydrogen (secondary N) is 1. The molecule has 2 heterocycles. The molecule has 2 atom stereocenters. The van der Waals surface area contributed by atoms with Crippen LogP contribution < -0.4 is 0 Å². The van der Waals surface area contributed by atoms with Crippen LogP contribution in [0.1, 0.15) is 28.9 Å². The zero-order valence-corrected chi connectivity index (χ0v) is 13.5. The summed E-state index contributed by atoms with van der Waals surface area (Å²) in [7, 11) is 0. The molecule has 2 unspecified atom stereocenters. The van der Waals surface area contributed by atoms with Crippen LogP contribution in [0.4, 0.5) is 0 Å². The Morgan fingerprint density at radius 1 is 1.17 bits per heavy atom. The molecule has 0 aliphatic carbocycles. The molecule has 0 radical (unpaired) electrons. The van der Waals surface area contributed by atoms with Crippen molar-refractivity contribution in [1.82, 2.24) is 15.1 Å². The minimum atomic E-state index is -0.0973. The van der Waals surface area contributed by atoms with Gasteiger partial charge in [-0.15, -0.1) is 0 Å². The quantitative estimate of drug-likeness (QED) is 0.789. The zero-order chi connectivity index (χ0) is 16.5. The maximum Gasteiger partial charge on any atom is 0.256 e. The summed E-state index contributed by atoms with van der Waals surface area (Å²) < 4.78 is 6.05. The number of aromatic amines is 1.